The molecule has 2 amide bonds. The van der Waals surface area contributed by atoms with Crippen molar-refractivity contribution in [3.63, 3.8) is 0 Å². The first-order chi connectivity index (χ1) is 23.3. The van der Waals surface area contributed by atoms with Crippen molar-refractivity contribution in [1.29, 1.82) is 0 Å². The number of likely N-dealkylation sites (tertiary alicyclic amines) is 2. The van der Waals surface area contributed by atoms with Gasteiger partial charge in [-0.15, -0.1) is 0 Å². The number of piperidine rings is 1. The number of hydrogen-bond acceptors (Lipinski definition) is 5. The van der Waals surface area contributed by atoms with E-state index in [-0.39, 0.29) is 17.2 Å². The van der Waals surface area contributed by atoms with Crippen molar-refractivity contribution in [3.8, 4) is 17.0 Å². The predicted molar refractivity (Wildman–Crippen MR) is 191 cm³/mol. The van der Waals surface area contributed by atoms with E-state index in [2.05, 4.69) is 50.4 Å². The molecule has 5 aliphatic rings. The first kappa shape index (κ1) is 32.1. The van der Waals surface area contributed by atoms with Gasteiger partial charge in [0.2, 0.25) is 5.91 Å². The zero-order valence-electron chi connectivity index (χ0n) is 28.8. The Bertz CT molecular complexity index is 1790. The Morgan fingerprint density at radius 3 is 2.58 bits per heavy atom. The molecule has 3 aromatic rings. The summed E-state index contributed by atoms with van der Waals surface area (Å²) in [6, 6.07) is 12.5. The fourth-order valence-electron chi connectivity index (χ4n) is 10.0. The Labute approximate surface area is 287 Å². The minimum Gasteiger partial charge on any atom is -0.497 e. The van der Waals surface area contributed by atoms with Crippen LogP contribution in [0, 0.1) is 10.8 Å². The molecule has 2 aromatic carbocycles. The molecule has 1 aromatic heterocycles. The lowest BCUT2D eigenvalue weighted by atomic mass is 9.78. The Hall–Kier alpha value is -3.17. The minimum absolute atomic E-state index is 0.122. The van der Waals surface area contributed by atoms with Crippen LogP contribution in [0.15, 0.2) is 36.4 Å². The van der Waals surface area contributed by atoms with Crippen LogP contribution in [0.5, 0.6) is 5.75 Å². The van der Waals surface area contributed by atoms with Crippen molar-refractivity contribution < 1.29 is 18.5 Å². The Balaban J connectivity index is 1.28. The first-order valence-electron chi connectivity index (χ1n) is 18.3. The summed E-state index contributed by atoms with van der Waals surface area (Å²) >= 11 is 0. The van der Waals surface area contributed by atoms with Gasteiger partial charge in [0, 0.05) is 65.3 Å². The molecule has 3 aliphatic heterocycles. The van der Waals surface area contributed by atoms with E-state index in [0.717, 1.165) is 76.0 Å². The number of hydrogen-bond donors (Lipinski definition) is 1. The van der Waals surface area contributed by atoms with E-state index in [1.807, 2.05) is 19.1 Å². The number of benzene rings is 2. The summed E-state index contributed by atoms with van der Waals surface area (Å²) < 4.78 is 23.4. The van der Waals surface area contributed by atoms with Crippen LogP contribution < -0.4 is 9.46 Å². The SMILES string of the molecule is CCCS(=O)NC(=O)c1ccc2c(C3CCCCC3)c3n(c2c1)CC1(C(=O)N2CCCC4(CCN(C)C4)C2)CC1c1cc(OC)ccc1-3. The molecule has 2 saturated carbocycles. The molecule has 8 nitrogen and oxygen atoms in total. The number of methoxy groups -OCH3 is 1. The third-order valence-corrected chi connectivity index (χ3v) is 13.6. The van der Waals surface area contributed by atoms with Gasteiger partial charge < -0.3 is 19.1 Å². The molecular weight excluding hydrogens is 621 g/mol. The summed E-state index contributed by atoms with van der Waals surface area (Å²) in [6.45, 7) is 6.41. The average Bonchev–Trinajstić information content (AvgIpc) is 3.63. The van der Waals surface area contributed by atoms with Crippen LogP contribution in [0.2, 0.25) is 0 Å². The Kier molecular flexibility index (Phi) is 8.22. The van der Waals surface area contributed by atoms with Crippen LogP contribution in [0.3, 0.4) is 0 Å². The third kappa shape index (κ3) is 5.31. The molecule has 1 N–H and O–H groups in total. The van der Waals surface area contributed by atoms with E-state index in [1.165, 1.54) is 53.5 Å². The minimum atomic E-state index is -1.41. The second-order valence-electron chi connectivity index (χ2n) is 15.6. The van der Waals surface area contributed by atoms with Crippen molar-refractivity contribution in [2.75, 3.05) is 46.1 Å². The maximum Gasteiger partial charge on any atom is 0.263 e. The van der Waals surface area contributed by atoms with Crippen molar-refractivity contribution in [3.05, 3.63) is 53.1 Å². The largest absolute Gasteiger partial charge is 0.497 e. The second kappa shape index (κ2) is 12.3. The van der Waals surface area contributed by atoms with Gasteiger partial charge in [0.15, 0.2) is 0 Å². The van der Waals surface area contributed by atoms with Crippen molar-refractivity contribution in [1.82, 2.24) is 19.1 Å². The molecule has 8 rings (SSSR count). The molecule has 4 fully saturated rings. The van der Waals surface area contributed by atoms with Crippen LogP contribution in [0.4, 0.5) is 0 Å². The van der Waals surface area contributed by atoms with Crippen LogP contribution in [0.1, 0.15) is 104 Å². The van der Waals surface area contributed by atoms with E-state index in [4.69, 9.17) is 4.74 Å². The smallest absolute Gasteiger partial charge is 0.263 e. The zero-order chi connectivity index (χ0) is 33.2. The quantitative estimate of drug-likeness (QED) is 0.306. The molecule has 4 atom stereocenters. The lowest BCUT2D eigenvalue weighted by Gasteiger charge is -2.42. The van der Waals surface area contributed by atoms with E-state index in [1.54, 1.807) is 7.11 Å². The van der Waals surface area contributed by atoms with Crippen molar-refractivity contribution in [2.24, 2.45) is 10.8 Å². The molecule has 2 saturated heterocycles. The van der Waals surface area contributed by atoms with Gasteiger partial charge in [-0.2, -0.15) is 0 Å². The third-order valence-electron chi connectivity index (χ3n) is 12.4. The van der Waals surface area contributed by atoms with E-state index >= 15 is 4.79 Å². The van der Waals surface area contributed by atoms with Gasteiger partial charge >= 0.3 is 0 Å². The molecule has 48 heavy (non-hydrogen) atoms. The van der Waals surface area contributed by atoms with Crippen molar-refractivity contribution >= 4 is 33.7 Å². The van der Waals surface area contributed by atoms with Gasteiger partial charge in [0.25, 0.3) is 5.91 Å². The number of ether oxygens (including phenoxy) is 1. The summed E-state index contributed by atoms with van der Waals surface area (Å²) in [6.07, 6.45) is 11.0. The number of carbonyl (C=O) groups is 2. The molecule has 0 bridgehead atoms. The topological polar surface area (TPSA) is 83.9 Å². The van der Waals surface area contributed by atoms with E-state index in [9.17, 15) is 9.00 Å². The molecule has 1 spiro atoms. The van der Waals surface area contributed by atoms with Crippen LogP contribution in [-0.2, 0) is 22.3 Å². The van der Waals surface area contributed by atoms with Gasteiger partial charge in [-0.25, -0.2) is 4.21 Å². The highest BCUT2D eigenvalue weighted by molar-refractivity contribution is 7.83. The number of carbonyl (C=O) groups excluding carboxylic acids is 2. The fraction of sp³-hybridized carbons (Fsp3) is 0.590. The van der Waals surface area contributed by atoms with E-state index < -0.39 is 16.4 Å². The van der Waals surface area contributed by atoms with Crippen LogP contribution in [0.25, 0.3) is 22.2 Å². The number of nitrogens with one attached hydrogen (secondary N) is 1. The van der Waals surface area contributed by atoms with Gasteiger partial charge in [0.05, 0.1) is 18.2 Å². The first-order valence-corrected chi connectivity index (χ1v) is 19.6. The van der Waals surface area contributed by atoms with E-state index in [0.29, 0.717) is 29.7 Å². The van der Waals surface area contributed by atoms with Gasteiger partial charge in [0.1, 0.15) is 16.7 Å². The number of amides is 2. The summed E-state index contributed by atoms with van der Waals surface area (Å²) in [5, 5.41) is 1.18. The standard InChI is InChI=1S/C39H50N4O4S/c1-4-19-48(46)40-36(44)27-11-13-30-33(20-27)43-25-39(37(45)42-17-8-15-38(24-42)16-18-41(2)23-38)22-32(39)31-21-28(47-3)12-14-29(31)35(43)34(30)26-9-6-5-7-10-26/h11-14,20-21,26,32H,4-10,15-19,22-25H2,1-3H3,(H,40,44). The normalized spacial score (nSPS) is 27.6. The molecule has 4 heterocycles. The number of rotatable bonds is 7. The maximum absolute atomic E-state index is 15.0. The zero-order valence-corrected chi connectivity index (χ0v) is 29.6. The Morgan fingerprint density at radius 1 is 1.00 bits per heavy atom. The van der Waals surface area contributed by atoms with Gasteiger partial charge in [-0.05, 0) is 106 Å². The number of fused-ring (bicyclic) bond motifs is 7. The lowest BCUT2D eigenvalue weighted by molar-refractivity contribution is -0.141. The molecule has 256 valence electrons. The van der Waals surface area contributed by atoms with Crippen LogP contribution in [-0.4, -0.2) is 76.5 Å². The summed E-state index contributed by atoms with van der Waals surface area (Å²) in [5.74, 6) is 1.79. The highest BCUT2D eigenvalue weighted by Crippen LogP contribution is 2.66. The summed E-state index contributed by atoms with van der Waals surface area (Å²) in [4.78, 5) is 33.1. The summed E-state index contributed by atoms with van der Waals surface area (Å²) in [5.41, 5.74) is 6.20. The molecular formula is C39H50N4O4S. The lowest BCUT2D eigenvalue weighted by Crippen LogP contribution is -2.50. The highest BCUT2D eigenvalue weighted by atomic mass is 32.2. The van der Waals surface area contributed by atoms with Crippen molar-refractivity contribution in [2.45, 2.75) is 89.5 Å². The van der Waals surface area contributed by atoms with Gasteiger partial charge in [-0.1, -0.05) is 32.3 Å². The predicted octanol–water partition coefficient (Wildman–Crippen LogP) is 6.60. The molecule has 2 aliphatic carbocycles. The monoisotopic (exact) mass is 670 g/mol. The van der Waals surface area contributed by atoms with Crippen LogP contribution >= 0.6 is 0 Å². The molecule has 0 radical (unpaired) electrons. The number of nitrogens with zero attached hydrogens (tertiary/aromatic N) is 3. The highest BCUT2D eigenvalue weighted by Gasteiger charge is 2.64. The Morgan fingerprint density at radius 2 is 1.83 bits per heavy atom. The second-order valence-corrected chi connectivity index (χ2v) is 16.9. The molecule has 4 unspecified atom stereocenters. The summed E-state index contributed by atoms with van der Waals surface area (Å²) in [7, 11) is 2.52. The number of aromatic nitrogens is 1. The maximum atomic E-state index is 15.0. The van der Waals surface area contributed by atoms with Gasteiger partial charge in [-0.3, -0.25) is 14.3 Å². The molecule has 9 heteroatoms. The average molecular weight is 671 g/mol. The fourth-order valence-corrected chi connectivity index (χ4v) is 10.8.